The van der Waals surface area contributed by atoms with Crippen molar-refractivity contribution in [3.63, 3.8) is 0 Å². The molecule has 8 rings (SSSR count). The molecule has 0 amide bonds. The molecule has 0 aliphatic heterocycles. The molecule has 1 nitrogen and oxygen atoms in total. The van der Waals surface area contributed by atoms with Crippen LogP contribution in [-0.4, -0.2) is 4.98 Å². The zero-order valence-electron chi connectivity index (χ0n) is 21.9. The third-order valence-electron chi connectivity index (χ3n) is 8.08. The van der Waals surface area contributed by atoms with Crippen molar-refractivity contribution in [1.29, 1.82) is 0 Å². The van der Waals surface area contributed by atoms with Crippen LogP contribution in [0.1, 0.15) is 0 Å². The van der Waals surface area contributed by atoms with E-state index in [-0.39, 0.29) is 0 Å². The molecule has 0 saturated carbocycles. The number of nitrogens with zero attached hydrogens (tertiary/aromatic N) is 1. The number of fused-ring (bicyclic) bond motifs is 6. The van der Waals surface area contributed by atoms with E-state index in [0.29, 0.717) is 0 Å². The Morgan fingerprint density at radius 3 is 1.50 bits per heavy atom. The average molecular weight is 508 g/mol. The Morgan fingerprint density at radius 2 is 0.850 bits per heavy atom. The highest BCUT2D eigenvalue weighted by atomic mass is 14.7. The van der Waals surface area contributed by atoms with Crippen molar-refractivity contribution in [2.24, 2.45) is 0 Å². The molecule has 40 heavy (non-hydrogen) atoms. The Hall–Kier alpha value is -5.27. The number of pyridine rings is 1. The Morgan fingerprint density at radius 1 is 0.325 bits per heavy atom. The van der Waals surface area contributed by atoms with E-state index in [0.717, 1.165) is 11.3 Å². The van der Waals surface area contributed by atoms with Gasteiger partial charge in [-0.05, 0) is 102 Å². The molecule has 0 atom stereocenters. The first-order valence-electron chi connectivity index (χ1n) is 13.7. The summed E-state index contributed by atoms with van der Waals surface area (Å²) in [5.74, 6) is 0. The summed E-state index contributed by atoms with van der Waals surface area (Å²) in [6.07, 6.45) is 1.88. The monoisotopic (exact) mass is 507 g/mol. The van der Waals surface area contributed by atoms with Gasteiger partial charge in [-0.1, -0.05) is 109 Å². The van der Waals surface area contributed by atoms with Crippen LogP contribution >= 0.6 is 0 Å². The van der Waals surface area contributed by atoms with Gasteiger partial charge in [0.1, 0.15) is 0 Å². The second-order valence-electron chi connectivity index (χ2n) is 10.4. The van der Waals surface area contributed by atoms with Gasteiger partial charge in [-0.3, -0.25) is 4.98 Å². The van der Waals surface area contributed by atoms with Crippen LogP contribution in [-0.2, 0) is 0 Å². The Labute approximate surface area is 233 Å². The van der Waals surface area contributed by atoms with E-state index in [4.69, 9.17) is 4.98 Å². The van der Waals surface area contributed by atoms with Crippen LogP contribution in [0.15, 0.2) is 152 Å². The summed E-state index contributed by atoms with van der Waals surface area (Å²) in [5, 5.41) is 9.98. The van der Waals surface area contributed by atoms with E-state index in [1.807, 2.05) is 12.3 Å². The van der Waals surface area contributed by atoms with Crippen molar-refractivity contribution in [1.82, 2.24) is 4.98 Å². The van der Waals surface area contributed by atoms with Crippen LogP contribution in [0.25, 0.3) is 76.6 Å². The molecule has 186 valence electrons. The van der Waals surface area contributed by atoms with Gasteiger partial charge in [-0.2, -0.15) is 0 Å². The third-order valence-corrected chi connectivity index (χ3v) is 8.08. The van der Waals surface area contributed by atoms with Gasteiger partial charge < -0.3 is 0 Å². The molecule has 8 aromatic rings. The molecule has 1 heteroatoms. The van der Waals surface area contributed by atoms with Crippen molar-refractivity contribution in [3.05, 3.63) is 152 Å². The number of benzene rings is 7. The summed E-state index contributed by atoms with van der Waals surface area (Å²) in [6, 6.07) is 52.6. The zero-order valence-corrected chi connectivity index (χ0v) is 21.9. The molecule has 0 N–H and O–H groups in total. The molecule has 0 bridgehead atoms. The van der Waals surface area contributed by atoms with E-state index in [1.165, 1.54) is 65.3 Å². The minimum Gasteiger partial charge on any atom is -0.256 e. The summed E-state index contributed by atoms with van der Waals surface area (Å²) in [6.45, 7) is 0. The molecular weight excluding hydrogens is 482 g/mol. The molecule has 0 saturated heterocycles. The third kappa shape index (κ3) is 3.60. The fraction of sp³-hybridized carbons (Fsp3) is 0. The van der Waals surface area contributed by atoms with Crippen molar-refractivity contribution in [2.45, 2.75) is 0 Å². The maximum absolute atomic E-state index is 4.73. The molecule has 7 aromatic carbocycles. The molecule has 0 radical (unpaired) electrons. The number of hydrogen-bond donors (Lipinski definition) is 0. The molecule has 0 aliphatic carbocycles. The van der Waals surface area contributed by atoms with Gasteiger partial charge in [-0.15, -0.1) is 0 Å². The lowest BCUT2D eigenvalue weighted by Gasteiger charge is -2.18. The standard InChI is InChI=1S/C39H25N/c1-2-12-26(13-3-1)33-22-27-14-4-5-15-28(27)23-34(33)35-24-36-31-18-8-9-19-32(31)38(39-20-10-11-21-40-39)25-37(36)30-17-7-6-16-29(30)35/h1-25H. The van der Waals surface area contributed by atoms with Crippen LogP contribution in [0.4, 0.5) is 0 Å². The molecule has 1 aromatic heterocycles. The molecule has 0 aliphatic rings. The molecule has 0 unspecified atom stereocenters. The highest BCUT2D eigenvalue weighted by molar-refractivity contribution is 6.24. The second kappa shape index (κ2) is 9.18. The Bertz CT molecular complexity index is 2200. The SMILES string of the molecule is c1ccc(-c2cc3ccccc3cc2-c2cc3c4ccccc4c(-c4ccccn4)cc3c3ccccc23)cc1. The van der Waals surface area contributed by atoms with E-state index in [2.05, 4.69) is 140 Å². The summed E-state index contributed by atoms with van der Waals surface area (Å²) in [5.41, 5.74) is 7.14. The van der Waals surface area contributed by atoms with Crippen LogP contribution in [0, 0.1) is 0 Å². The number of hydrogen-bond acceptors (Lipinski definition) is 1. The van der Waals surface area contributed by atoms with Crippen molar-refractivity contribution in [3.8, 4) is 33.5 Å². The normalized spacial score (nSPS) is 11.5. The Kier molecular flexibility index (Phi) is 5.21. The van der Waals surface area contributed by atoms with E-state index in [9.17, 15) is 0 Å². The van der Waals surface area contributed by atoms with Crippen molar-refractivity contribution >= 4 is 43.1 Å². The van der Waals surface area contributed by atoms with E-state index < -0.39 is 0 Å². The minimum absolute atomic E-state index is 0.995. The van der Waals surface area contributed by atoms with Gasteiger partial charge in [-0.25, -0.2) is 0 Å². The largest absolute Gasteiger partial charge is 0.256 e. The Balaban J connectivity index is 1.53. The quantitative estimate of drug-likeness (QED) is 0.217. The van der Waals surface area contributed by atoms with Crippen LogP contribution in [0.2, 0.25) is 0 Å². The lowest BCUT2D eigenvalue weighted by molar-refractivity contribution is 1.33. The van der Waals surface area contributed by atoms with Gasteiger partial charge in [0.2, 0.25) is 0 Å². The first-order chi connectivity index (χ1) is 19.8. The summed E-state index contributed by atoms with van der Waals surface area (Å²) < 4.78 is 0. The highest BCUT2D eigenvalue weighted by Crippen LogP contribution is 2.44. The van der Waals surface area contributed by atoms with Crippen molar-refractivity contribution in [2.75, 3.05) is 0 Å². The van der Waals surface area contributed by atoms with E-state index in [1.54, 1.807) is 0 Å². The lowest BCUT2D eigenvalue weighted by Crippen LogP contribution is -1.92. The maximum Gasteiger partial charge on any atom is 0.0708 e. The number of rotatable bonds is 3. The molecule has 0 spiro atoms. The van der Waals surface area contributed by atoms with Crippen LogP contribution < -0.4 is 0 Å². The number of aromatic nitrogens is 1. The van der Waals surface area contributed by atoms with Gasteiger partial charge in [0.15, 0.2) is 0 Å². The minimum atomic E-state index is 0.995. The summed E-state index contributed by atoms with van der Waals surface area (Å²) >= 11 is 0. The predicted molar refractivity (Wildman–Crippen MR) is 171 cm³/mol. The fourth-order valence-corrected chi connectivity index (χ4v) is 6.23. The first-order valence-corrected chi connectivity index (χ1v) is 13.7. The molecular formula is C39H25N. The second-order valence-corrected chi connectivity index (χ2v) is 10.4. The topological polar surface area (TPSA) is 12.9 Å². The van der Waals surface area contributed by atoms with Crippen LogP contribution in [0.5, 0.6) is 0 Å². The smallest absolute Gasteiger partial charge is 0.0708 e. The summed E-state index contributed by atoms with van der Waals surface area (Å²) in [7, 11) is 0. The predicted octanol–water partition coefficient (Wildman–Crippen LogP) is 10.7. The highest BCUT2D eigenvalue weighted by Gasteiger charge is 2.17. The molecule has 1 heterocycles. The summed E-state index contributed by atoms with van der Waals surface area (Å²) in [4.78, 5) is 4.73. The van der Waals surface area contributed by atoms with E-state index >= 15 is 0 Å². The van der Waals surface area contributed by atoms with Crippen molar-refractivity contribution < 1.29 is 0 Å². The fourth-order valence-electron chi connectivity index (χ4n) is 6.23. The zero-order chi connectivity index (χ0) is 26.5. The molecule has 0 fully saturated rings. The maximum atomic E-state index is 4.73. The lowest BCUT2D eigenvalue weighted by atomic mass is 9.85. The van der Waals surface area contributed by atoms with Gasteiger partial charge >= 0.3 is 0 Å². The first kappa shape index (κ1) is 22.7. The van der Waals surface area contributed by atoms with Gasteiger partial charge in [0.05, 0.1) is 5.69 Å². The van der Waals surface area contributed by atoms with Gasteiger partial charge in [0.25, 0.3) is 0 Å². The van der Waals surface area contributed by atoms with Gasteiger partial charge in [0, 0.05) is 11.8 Å². The average Bonchev–Trinajstić information content (AvgIpc) is 3.04. The van der Waals surface area contributed by atoms with Crippen LogP contribution in [0.3, 0.4) is 0 Å².